The van der Waals surface area contributed by atoms with E-state index in [1.165, 1.54) is 41.0 Å². The second-order valence-electron chi connectivity index (χ2n) is 7.20. The van der Waals surface area contributed by atoms with Gasteiger partial charge in [-0.3, -0.25) is 10.1 Å². The molecule has 0 aliphatic carbocycles. The van der Waals surface area contributed by atoms with Crippen LogP contribution in [0.5, 0.6) is 5.75 Å². The number of sulfonamides is 1. The zero-order chi connectivity index (χ0) is 22.7. The fourth-order valence-electron chi connectivity index (χ4n) is 3.43. The summed E-state index contributed by atoms with van der Waals surface area (Å²) in [6.07, 6.45) is 2.67. The molecule has 2 heterocycles. The van der Waals surface area contributed by atoms with Crippen molar-refractivity contribution in [2.24, 2.45) is 0 Å². The van der Waals surface area contributed by atoms with Crippen LogP contribution in [0.4, 0.5) is 5.13 Å². The Hall–Kier alpha value is -2.53. The second kappa shape index (κ2) is 9.53. The molecule has 8 nitrogen and oxygen atoms in total. The van der Waals surface area contributed by atoms with E-state index in [4.69, 9.17) is 16.3 Å². The van der Waals surface area contributed by atoms with Crippen molar-refractivity contribution < 1.29 is 17.9 Å². The first kappa shape index (κ1) is 22.7. The summed E-state index contributed by atoms with van der Waals surface area (Å²) in [7, 11) is -2.26. The fourth-order valence-corrected chi connectivity index (χ4v) is 5.84. The van der Waals surface area contributed by atoms with E-state index in [0.29, 0.717) is 23.1 Å². The molecule has 32 heavy (non-hydrogen) atoms. The number of methoxy groups -OCH3 is 1. The van der Waals surface area contributed by atoms with E-state index in [0.717, 1.165) is 24.8 Å². The van der Waals surface area contributed by atoms with E-state index >= 15 is 0 Å². The average Bonchev–Trinajstić information content (AvgIpc) is 3.28. The predicted octanol–water partition coefficient (Wildman–Crippen LogP) is 4.29. The topological polar surface area (TPSA) is 101 Å². The number of halogens is 1. The first-order valence-corrected chi connectivity index (χ1v) is 12.6. The Balaban J connectivity index is 1.58. The maximum atomic E-state index is 13.0. The van der Waals surface area contributed by atoms with Gasteiger partial charge in [0.2, 0.25) is 15.2 Å². The first-order valence-electron chi connectivity index (χ1n) is 9.97. The van der Waals surface area contributed by atoms with Crippen molar-refractivity contribution >= 4 is 44.0 Å². The highest BCUT2D eigenvalue weighted by atomic mass is 35.5. The molecule has 1 aromatic heterocycles. The van der Waals surface area contributed by atoms with Crippen LogP contribution in [-0.4, -0.2) is 49.0 Å². The number of benzene rings is 2. The summed E-state index contributed by atoms with van der Waals surface area (Å²) in [5, 5.41) is 12.3. The summed E-state index contributed by atoms with van der Waals surface area (Å²) in [4.78, 5) is 13.0. The number of piperidine rings is 1. The van der Waals surface area contributed by atoms with Crippen molar-refractivity contribution in [2.45, 2.75) is 24.2 Å². The fraction of sp³-hybridized carbons (Fsp3) is 0.286. The summed E-state index contributed by atoms with van der Waals surface area (Å²) in [5.74, 6) is -0.265. The molecule has 4 rings (SSSR count). The minimum Gasteiger partial charge on any atom is -0.496 e. The molecule has 11 heteroatoms. The van der Waals surface area contributed by atoms with Gasteiger partial charge in [0.15, 0.2) is 0 Å². The molecule has 1 N–H and O–H groups in total. The van der Waals surface area contributed by atoms with Gasteiger partial charge in [-0.15, -0.1) is 10.2 Å². The molecule has 0 atom stereocenters. The lowest BCUT2D eigenvalue weighted by molar-refractivity contribution is 0.102. The highest BCUT2D eigenvalue weighted by Crippen LogP contribution is 2.30. The molecule has 1 aliphatic heterocycles. The third-order valence-electron chi connectivity index (χ3n) is 5.11. The molecule has 0 bridgehead atoms. The number of amides is 1. The largest absolute Gasteiger partial charge is 0.496 e. The summed E-state index contributed by atoms with van der Waals surface area (Å²) in [6, 6.07) is 11.4. The van der Waals surface area contributed by atoms with Gasteiger partial charge in [-0.05, 0) is 43.2 Å². The highest BCUT2D eigenvalue weighted by Gasteiger charge is 2.28. The van der Waals surface area contributed by atoms with E-state index in [9.17, 15) is 13.2 Å². The summed E-state index contributed by atoms with van der Waals surface area (Å²) in [6.45, 7) is 0.961. The molecule has 1 saturated heterocycles. The minimum absolute atomic E-state index is 0.0597. The molecule has 0 spiro atoms. The third-order valence-corrected chi connectivity index (χ3v) is 8.14. The van der Waals surface area contributed by atoms with Crippen LogP contribution in [-0.2, 0) is 10.0 Å². The monoisotopic (exact) mass is 492 g/mol. The third kappa shape index (κ3) is 4.78. The number of nitrogens with zero attached hydrogens (tertiary/aromatic N) is 3. The first-order chi connectivity index (χ1) is 15.4. The number of ether oxygens (including phenoxy) is 1. The molecule has 1 aliphatic rings. The summed E-state index contributed by atoms with van der Waals surface area (Å²) < 4.78 is 32.8. The van der Waals surface area contributed by atoms with E-state index in [-0.39, 0.29) is 21.3 Å². The van der Waals surface area contributed by atoms with Crippen molar-refractivity contribution in [3.63, 3.8) is 0 Å². The molecule has 0 unspecified atom stereocenters. The summed E-state index contributed by atoms with van der Waals surface area (Å²) >= 11 is 7.11. The number of anilines is 1. The average molecular weight is 493 g/mol. The molecule has 0 radical (unpaired) electrons. The Morgan fingerprint density at radius 1 is 1.09 bits per heavy atom. The van der Waals surface area contributed by atoms with Crippen molar-refractivity contribution in [3.8, 4) is 16.3 Å². The van der Waals surface area contributed by atoms with Crippen molar-refractivity contribution in [3.05, 3.63) is 53.1 Å². The number of carbonyl (C=O) groups excluding carboxylic acids is 1. The van der Waals surface area contributed by atoms with Gasteiger partial charge in [-0.1, -0.05) is 41.5 Å². The molecular formula is C21H21ClN4O4S2. The van der Waals surface area contributed by atoms with E-state index in [2.05, 4.69) is 15.5 Å². The van der Waals surface area contributed by atoms with Crippen molar-refractivity contribution in [2.75, 3.05) is 25.5 Å². The molecule has 2 aromatic carbocycles. The smallest absolute Gasteiger partial charge is 0.261 e. The van der Waals surface area contributed by atoms with Gasteiger partial charge < -0.3 is 4.74 Å². The van der Waals surface area contributed by atoms with E-state index < -0.39 is 15.9 Å². The lowest BCUT2D eigenvalue weighted by Crippen LogP contribution is -2.35. The Morgan fingerprint density at radius 3 is 2.50 bits per heavy atom. The molecule has 3 aromatic rings. The number of rotatable bonds is 6. The maximum Gasteiger partial charge on any atom is 0.261 e. The standard InChI is InChI=1S/C21H21ClN4O4S2/c1-30-18-10-9-16(32(28,29)26-11-3-2-4-12-26)13-17(18)19(27)23-21-25-24-20(31-21)14-5-7-15(22)8-6-14/h5-10,13H,2-4,11-12H2,1H3,(H,23,25,27). The molecular weight excluding hydrogens is 472 g/mol. The van der Waals surface area contributed by atoms with Gasteiger partial charge in [-0.2, -0.15) is 4.31 Å². The van der Waals surface area contributed by atoms with Crippen LogP contribution in [0, 0.1) is 0 Å². The normalized spacial score (nSPS) is 14.8. The van der Waals surface area contributed by atoms with Crippen molar-refractivity contribution in [1.29, 1.82) is 0 Å². The molecule has 1 amide bonds. The Labute approximate surface area is 195 Å². The lowest BCUT2D eigenvalue weighted by Gasteiger charge is -2.26. The van der Waals surface area contributed by atoms with Crippen LogP contribution in [0.2, 0.25) is 5.02 Å². The maximum absolute atomic E-state index is 13.0. The van der Waals surface area contributed by atoms with Crippen LogP contribution in [0.3, 0.4) is 0 Å². The lowest BCUT2D eigenvalue weighted by atomic mass is 10.2. The zero-order valence-electron chi connectivity index (χ0n) is 17.2. The van der Waals surface area contributed by atoms with Crippen molar-refractivity contribution in [1.82, 2.24) is 14.5 Å². The number of hydrogen-bond donors (Lipinski definition) is 1. The van der Waals surface area contributed by atoms with E-state index in [1.54, 1.807) is 12.1 Å². The number of carbonyl (C=O) groups is 1. The Morgan fingerprint density at radius 2 is 1.81 bits per heavy atom. The summed E-state index contributed by atoms with van der Waals surface area (Å²) in [5.41, 5.74) is 0.924. The van der Waals surface area contributed by atoms with Gasteiger partial charge in [0.1, 0.15) is 10.8 Å². The van der Waals surface area contributed by atoms with Crippen LogP contribution >= 0.6 is 22.9 Å². The highest BCUT2D eigenvalue weighted by molar-refractivity contribution is 7.89. The predicted molar refractivity (Wildman–Crippen MR) is 124 cm³/mol. The number of hydrogen-bond acceptors (Lipinski definition) is 7. The minimum atomic E-state index is -3.69. The molecule has 1 fully saturated rings. The van der Waals surface area contributed by atoms with Crippen LogP contribution in [0.25, 0.3) is 10.6 Å². The van der Waals surface area contributed by atoms with Gasteiger partial charge >= 0.3 is 0 Å². The van der Waals surface area contributed by atoms with Gasteiger partial charge in [0, 0.05) is 23.7 Å². The van der Waals surface area contributed by atoms with Gasteiger partial charge in [0.25, 0.3) is 5.91 Å². The van der Waals surface area contributed by atoms with Crippen LogP contribution < -0.4 is 10.1 Å². The SMILES string of the molecule is COc1ccc(S(=O)(=O)N2CCCCC2)cc1C(=O)Nc1nnc(-c2ccc(Cl)cc2)s1. The molecule has 0 saturated carbocycles. The van der Waals surface area contributed by atoms with Crippen LogP contribution in [0.1, 0.15) is 29.6 Å². The molecule has 168 valence electrons. The van der Waals surface area contributed by atoms with Gasteiger partial charge in [-0.25, -0.2) is 8.42 Å². The number of nitrogens with one attached hydrogen (secondary N) is 1. The van der Waals surface area contributed by atoms with Crippen LogP contribution in [0.15, 0.2) is 47.4 Å². The van der Waals surface area contributed by atoms with E-state index in [1.807, 2.05) is 12.1 Å². The zero-order valence-corrected chi connectivity index (χ0v) is 19.6. The van der Waals surface area contributed by atoms with Gasteiger partial charge in [0.05, 0.1) is 17.6 Å². The Kier molecular flexibility index (Phi) is 6.75. The number of aromatic nitrogens is 2. The second-order valence-corrected chi connectivity index (χ2v) is 10.6. The Bertz CT molecular complexity index is 1220. The quantitative estimate of drug-likeness (QED) is 0.550.